The second kappa shape index (κ2) is 7.82. The van der Waals surface area contributed by atoms with Crippen LogP contribution in [0, 0.1) is 0 Å². The minimum atomic E-state index is -3.38. The summed E-state index contributed by atoms with van der Waals surface area (Å²) >= 11 is 1.45. The predicted molar refractivity (Wildman–Crippen MR) is 105 cm³/mol. The molecule has 1 aromatic carbocycles. The van der Waals surface area contributed by atoms with Crippen LogP contribution in [0.4, 0.5) is 5.69 Å². The second-order valence-corrected chi connectivity index (χ2v) is 9.51. The van der Waals surface area contributed by atoms with Crippen molar-refractivity contribution in [3.05, 3.63) is 51.2 Å². The standard InChI is InChI=1S/C19H21NO5S2/c1-12(18(21)13-7-9-15(10-8-13)20-27(2,23)24)25-19(22)17-11-14-5-3-4-6-16(14)26-17/h7-12,20H,3-6H2,1-2H3/t12-/m1/s1. The van der Waals surface area contributed by atoms with Gasteiger partial charge in [0, 0.05) is 16.1 Å². The van der Waals surface area contributed by atoms with Crippen molar-refractivity contribution in [2.45, 2.75) is 38.7 Å². The number of anilines is 1. The van der Waals surface area contributed by atoms with Crippen LogP contribution in [0.15, 0.2) is 30.3 Å². The Labute approximate surface area is 162 Å². The van der Waals surface area contributed by atoms with Crippen LogP contribution in [-0.4, -0.2) is 32.5 Å². The van der Waals surface area contributed by atoms with E-state index < -0.39 is 22.1 Å². The molecule has 0 unspecified atom stereocenters. The third-order valence-corrected chi connectivity index (χ3v) is 6.15. The van der Waals surface area contributed by atoms with Crippen LogP contribution < -0.4 is 4.72 Å². The molecule has 2 aromatic rings. The number of Topliss-reactive ketones (excluding diaryl/α,β-unsaturated/α-hetero) is 1. The highest BCUT2D eigenvalue weighted by molar-refractivity contribution is 7.92. The summed E-state index contributed by atoms with van der Waals surface area (Å²) in [4.78, 5) is 26.6. The third-order valence-electron chi connectivity index (χ3n) is 4.32. The van der Waals surface area contributed by atoms with E-state index in [1.807, 2.05) is 6.07 Å². The molecular weight excluding hydrogens is 386 g/mol. The number of ketones is 1. The minimum absolute atomic E-state index is 0.337. The fourth-order valence-corrected chi connectivity index (χ4v) is 4.72. The van der Waals surface area contributed by atoms with E-state index >= 15 is 0 Å². The number of hydrogen-bond donors (Lipinski definition) is 1. The van der Waals surface area contributed by atoms with Gasteiger partial charge in [-0.1, -0.05) is 0 Å². The zero-order chi connectivity index (χ0) is 19.6. The van der Waals surface area contributed by atoms with E-state index in [1.165, 1.54) is 53.0 Å². The summed E-state index contributed by atoms with van der Waals surface area (Å²) in [5.41, 5.74) is 1.92. The van der Waals surface area contributed by atoms with Crippen LogP contribution in [0.1, 0.15) is 50.2 Å². The number of fused-ring (bicyclic) bond motifs is 1. The molecule has 0 aliphatic heterocycles. The molecule has 1 aliphatic carbocycles. The molecular formula is C19H21NO5S2. The van der Waals surface area contributed by atoms with Gasteiger partial charge in [-0.3, -0.25) is 9.52 Å². The number of esters is 1. The zero-order valence-corrected chi connectivity index (χ0v) is 16.8. The Bertz CT molecular complexity index is 937. The Balaban J connectivity index is 1.64. The summed E-state index contributed by atoms with van der Waals surface area (Å²) < 4.78 is 30.1. The van der Waals surface area contributed by atoms with Crippen molar-refractivity contribution >= 4 is 38.8 Å². The lowest BCUT2D eigenvalue weighted by molar-refractivity contribution is 0.0323. The highest BCUT2D eigenvalue weighted by atomic mass is 32.2. The smallest absolute Gasteiger partial charge is 0.349 e. The van der Waals surface area contributed by atoms with Crippen molar-refractivity contribution in [3.8, 4) is 0 Å². The van der Waals surface area contributed by atoms with Gasteiger partial charge in [0.15, 0.2) is 6.10 Å². The predicted octanol–water partition coefficient (Wildman–Crippen LogP) is 3.43. The Morgan fingerprint density at radius 1 is 1.15 bits per heavy atom. The average molecular weight is 408 g/mol. The van der Waals surface area contributed by atoms with Gasteiger partial charge in [-0.2, -0.15) is 0 Å². The van der Waals surface area contributed by atoms with Crippen molar-refractivity contribution < 1.29 is 22.7 Å². The largest absolute Gasteiger partial charge is 0.450 e. The maximum absolute atomic E-state index is 12.5. The van der Waals surface area contributed by atoms with E-state index in [-0.39, 0.29) is 5.78 Å². The van der Waals surface area contributed by atoms with Crippen LogP contribution >= 0.6 is 11.3 Å². The molecule has 3 rings (SSSR count). The maximum atomic E-state index is 12.5. The lowest BCUT2D eigenvalue weighted by Gasteiger charge is -2.12. The maximum Gasteiger partial charge on any atom is 0.349 e. The average Bonchev–Trinajstić information content (AvgIpc) is 3.04. The van der Waals surface area contributed by atoms with Gasteiger partial charge in [0.1, 0.15) is 4.88 Å². The van der Waals surface area contributed by atoms with Gasteiger partial charge in [0.05, 0.1) is 6.26 Å². The number of rotatable bonds is 6. The van der Waals surface area contributed by atoms with Gasteiger partial charge in [0.25, 0.3) is 0 Å². The van der Waals surface area contributed by atoms with Crippen LogP contribution in [-0.2, 0) is 27.6 Å². The molecule has 6 nitrogen and oxygen atoms in total. The molecule has 144 valence electrons. The monoisotopic (exact) mass is 407 g/mol. The summed E-state index contributed by atoms with van der Waals surface area (Å²) in [6, 6.07) is 7.88. The number of thiophene rings is 1. The Morgan fingerprint density at radius 2 is 1.81 bits per heavy atom. The minimum Gasteiger partial charge on any atom is -0.450 e. The van der Waals surface area contributed by atoms with E-state index in [0.29, 0.717) is 16.1 Å². The van der Waals surface area contributed by atoms with E-state index in [0.717, 1.165) is 31.9 Å². The van der Waals surface area contributed by atoms with Crippen molar-refractivity contribution in [2.75, 3.05) is 11.0 Å². The van der Waals surface area contributed by atoms with E-state index in [4.69, 9.17) is 4.74 Å². The van der Waals surface area contributed by atoms with Crippen molar-refractivity contribution in [3.63, 3.8) is 0 Å². The normalized spacial score (nSPS) is 14.9. The molecule has 8 heteroatoms. The van der Waals surface area contributed by atoms with E-state index in [2.05, 4.69) is 4.72 Å². The topological polar surface area (TPSA) is 89.5 Å². The third kappa shape index (κ3) is 4.95. The summed E-state index contributed by atoms with van der Waals surface area (Å²) in [6.45, 7) is 1.54. The molecule has 27 heavy (non-hydrogen) atoms. The van der Waals surface area contributed by atoms with Gasteiger partial charge in [-0.25, -0.2) is 13.2 Å². The Morgan fingerprint density at radius 3 is 2.44 bits per heavy atom. The van der Waals surface area contributed by atoms with Crippen LogP contribution in [0.25, 0.3) is 0 Å². The molecule has 0 saturated carbocycles. The fraction of sp³-hybridized carbons (Fsp3) is 0.368. The number of hydrogen-bond acceptors (Lipinski definition) is 6. The van der Waals surface area contributed by atoms with Gasteiger partial charge in [-0.05, 0) is 68.5 Å². The molecule has 0 amide bonds. The van der Waals surface area contributed by atoms with Gasteiger partial charge in [0.2, 0.25) is 15.8 Å². The molecule has 1 N–H and O–H groups in total. The zero-order valence-electron chi connectivity index (χ0n) is 15.2. The van der Waals surface area contributed by atoms with Crippen LogP contribution in [0.2, 0.25) is 0 Å². The SMILES string of the molecule is C[C@@H](OC(=O)c1cc2c(s1)CCCC2)C(=O)c1ccc(NS(C)(=O)=O)cc1. The van der Waals surface area contributed by atoms with Gasteiger partial charge < -0.3 is 4.74 Å². The Kier molecular flexibility index (Phi) is 5.67. The Hall–Kier alpha value is -2.19. The molecule has 0 bridgehead atoms. The first-order chi connectivity index (χ1) is 12.7. The number of carbonyl (C=O) groups is 2. The summed E-state index contributed by atoms with van der Waals surface area (Å²) in [5, 5.41) is 0. The number of ether oxygens (including phenoxy) is 1. The lowest BCUT2D eigenvalue weighted by atomic mass is 9.99. The lowest BCUT2D eigenvalue weighted by Crippen LogP contribution is -2.24. The molecule has 0 saturated heterocycles. The van der Waals surface area contributed by atoms with Gasteiger partial charge >= 0.3 is 5.97 Å². The molecule has 1 aromatic heterocycles. The number of sulfonamides is 1. The van der Waals surface area contributed by atoms with Crippen LogP contribution in [0.5, 0.6) is 0 Å². The van der Waals surface area contributed by atoms with E-state index in [1.54, 1.807) is 0 Å². The number of aryl methyl sites for hydroxylation is 2. The first kappa shape index (κ1) is 19.6. The fourth-order valence-electron chi connectivity index (χ4n) is 3.01. The van der Waals surface area contributed by atoms with Crippen molar-refractivity contribution in [2.24, 2.45) is 0 Å². The van der Waals surface area contributed by atoms with Crippen molar-refractivity contribution in [1.29, 1.82) is 0 Å². The van der Waals surface area contributed by atoms with Crippen LogP contribution in [0.3, 0.4) is 0 Å². The van der Waals surface area contributed by atoms with Crippen molar-refractivity contribution in [1.82, 2.24) is 0 Å². The molecule has 0 radical (unpaired) electrons. The number of nitrogens with one attached hydrogen (secondary N) is 1. The molecule has 1 aliphatic rings. The highest BCUT2D eigenvalue weighted by Crippen LogP contribution is 2.30. The van der Waals surface area contributed by atoms with E-state index in [9.17, 15) is 18.0 Å². The first-order valence-electron chi connectivity index (χ1n) is 8.67. The first-order valence-corrected chi connectivity index (χ1v) is 11.4. The quantitative estimate of drug-likeness (QED) is 0.585. The highest BCUT2D eigenvalue weighted by Gasteiger charge is 2.23. The summed E-state index contributed by atoms with van der Waals surface area (Å²) in [5.74, 6) is -0.818. The second-order valence-electron chi connectivity index (χ2n) is 6.63. The molecule has 0 spiro atoms. The molecule has 1 atom stereocenters. The van der Waals surface area contributed by atoms with Gasteiger partial charge in [-0.15, -0.1) is 11.3 Å². The molecule has 0 fully saturated rings. The summed E-state index contributed by atoms with van der Waals surface area (Å²) in [7, 11) is -3.38. The molecule has 1 heterocycles. The number of benzene rings is 1. The number of carbonyl (C=O) groups excluding carboxylic acids is 2. The summed E-state index contributed by atoms with van der Waals surface area (Å²) in [6.07, 6.45) is 4.39.